The van der Waals surface area contributed by atoms with Crippen LogP contribution in [0.5, 0.6) is 0 Å². The van der Waals surface area contributed by atoms with Gasteiger partial charge >= 0.3 is 0 Å². The standard InChI is InChI=1S/C14H16ClFN2O/c1-9(10-6-17-7-10)14(19)18(2)8-11-12(15)4-3-5-13(11)16/h3-5,17H,6-8H2,1-2H3. The van der Waals surface area contributed by atoms with Gasteiger partial charge in [0.25, 0.3) is 0 Å². The van der Waals surface area contributed by atoms with E-state index in [2.05, 4.69) is 5.32 Å². The van der Waals surface area contributed by atoms with Gasteiger partial charge in [0.1, 0.15) is 5.82 Å². The van der Waals surface area contributed by atoms with Crippen molar-refractivity contribution in [3.63, 3.8) is 0 Å². The average molecular weight is 283 g/mol. The first-order chi connectivity index (χ1) is 9.00. The highest BCUT2D eigenvalue weighted by molar-refractivity contribution is 6.31. The third-order valence-electron chi connectivity index (χ3n) is 3.33. The first-order valence-corrected chi connectivity index (χ1v) is 6.46. The Hall–Kier alpha value is -1.39. The second-order valence-corrected chi connectivity index (χ2v) is 5.10. The van der Waals surface area contributed by atoms with Gasteiger partial charge in [0, 0.05) is 42.8 Å². The highest BCUT2D eigenvalue weighted by Crippen LogP contribution is 2.21. The minimum absolute atomic E-state index is 0.0872. The van der Waals surface area contributed by atoms with Gasteiger partial charge in [0.15, 0.2) is 0 Å². The largest absolute Gasteiger partial charge is 0.338 e. The molecule has 1 aliphatic heterocycles. The number of amides is 1. The zero-order valence-corrected chi connectivity index (χ0v) is 11.7. The van der Waals surface area contributed by atoms with Crippen LogP contribution in [0.15, 0.2) is 29.3 Å². The number of hydrogen-bond donors (Lipinski definition) is 1. The zero-order chi connectivity index (χ0) is 14.0. The van der Waals surface area contributed by atoms with E-state index in [9.17, 15) is 9.18 Å². The number of benzene rings is 1. The molecule has 1 fully saturated rings. The van der Waals surface area contributed by atoms with Crippen molar-refractivity contribution in [3.05, 3.63) is 45.7 Å². The fourth-order valence-corrected chi connectivity index (χ4v) is 2.17. The van der Waals surface area contributed by atoms with E-state index in [0.29, 0.717) is 10.6 Å². The lowest BCUT2D eigenvalue weighted by molar-refractivity contribution is -0.126. The zero-order valence-electron chi connectivity index (χ0n) is 11.0. The number of hydrogen-bond acceptors (Lipinski definition) is 2. The van der Waals surface area contributed by atoms with Crippen LogP contribution in [-0.2, 0) is 11.3 Å². The molecular formula is C14H16ClFN2O. The van der Waals surface area contributed by atoms with Gasteiger partial charge in [-0.3, -0.25) is 4.79 Å². The molecule has 0 atom stereocenters. The molecule has 0 aliphatic carbocycles. The molecule has 1 amide bonds. The van der Waals surface area contributed by atoms with E-state index in [0.717, 1.165) is 24.2 Å². The molecule has 19 heavy (non-hydrogen) atoms. The maximum atomic E-state index is 13.7. The number of rotatable bonds is 3. The van der Waals surface area contributed by atoms with Gasteiger partial charge in [0.05, 0.1) is 0 Å². The number of nitrogens with one attached hydrogen (secondary N) is 1. The van der Waals surface area contributed by atoms with Crippen LogP contribution in [0.25, 0.3) is 0 Å². The first-order valence-electron chi connectivity index (χ1n) is 6.08. The minimum atomic E-state index is -0.386. The SMILES string of the molecule is CC(C(=O)N(C)Cc1c(F)cccc1Cl)=C1CNC1. The molecule has 5 heteroatoms. The van der Waals surface area contributed by atoms with E-state index in [1.54, 1.807) is 26.1 Å². The maximum Gasteiger partial charge on any atom is 0.249 e. The summed E-state index contributed by atoms with van der Waals surface area (Å²) >= 11 is 5.96. The van der Waals surface area contributed by atoms with Crippen molar-refractivity contribution in [2.75, 3.05) is 20.1 Å². The van der Waals surface area contributed by atoms with Crippen molar-refractivity contribution in [3.8, 4) is 0 Å². The lowest BCUT2D eigenvalue weighted by atomic mass is 10.0. The smallest absolute Gasteiger partial charge is 0.249 e. The van der Waals surface area contributed by atoms with E-state index in [-0.39, 0.29) is 18.3 Å². The van der Waals surface area contributed by atoms with E-state index in [1.807, 2.05) is 0 Å². The van der Waals surface area contributed by atoms with Crippen LogP contribution < -0.4 is 5.32 Å². The molecule has 1 heterocycles. The molecule has 0 unspecified atom stereocenters. The van der Waals surface area contributed by atoms with Crippen molar-refractivity contribution in [1.82, 2.24) is 10.2 Å². The van der Waals surface area contributed by atoms with E-state index in [1.165, 1.54) is 11.0 Å². The van der Waals surface area contributed by atoms with Crippen molar-refractivity contribution < 1.29 is 9.18 Å². The Labute approximate surface area is 117 Å². The van der Waals surface area contributed by atoms with E-state index < -0.39 is 0 Å². The van der Waals surface area contributed by atoms with E-state index >= 15 is 0 Å². The molecular weight excluding hydrogens is 267 g/mol. The van der Waals surface area contributed by atoms with Crippen LogP contribution in [0.3, 0.4) is 0 Å². The number of likely N-dealkylation sites (N-methyl/N-ethyl adjacent to an activating group) is 1. The Morgan fingerprint density at radius 1 is 1.47 bits per heavy atom. The predicted octanol–water partition coefficient (Wildman–Crippen LogP) is 2.36. The lowest BCUT2D eigenvalue weighted by Gasteiger charge is -2.25. The summed E-state index contributed by atoms with van der Waals surface area (Å²) in [6.07, 6.45) is 0. The molecule has 0 saturated carbocycles. The van der Waals surface area contributed by atoms with Gasteiger partial charge in [-0.15, -0.1) is 0 Å². The van der Waals surface area contributed by atoms with Gasteiger partial charge in [-0.25, -0.2) is 4.39 Å². The van der Waals surface area contributed by atoms with E-state index in [4.69, 9.17) is 11.6 Å². The molecule has 0 radical (unpaired) electrons. The quantitative estimate of drug-likeness (QED) is 0.863. The van der Waals surface area contributed by atoms with Gasteiger partial charge in [0.2, 0.25) is 5.91 Å². The van der Waals surface area contributed by atoms with Crippen LogP contribution >= 0.6 is 11.6 Å². The number of nitrogens with zero attached hydrogens (tertiary/aromatic N) is 1. The summed E-state index contributed by atoms with van der Waals surface area (Å²) in [4.78, 5) is 13.7. The Kier molecular flexibility index (Phi) is 4.22. The topological polar surface area (TPSA) is 32.3 Å². The molecule has 1 aromatic carbocycles. The molecule has 1 N–H and O–H groups in total. The molecule has 2 rings (SSSR count). The number of halogens is 2. The summed E-state index contributed by atoms with van der Waals surface area (Å²) < 4.78 is 13.7. The molecule has 0 spiro atoms. The lowest BCUT2D eigenvalue weighted by Crippen LogP contribution is -2.38. The molecule has 0 aromatic heterocycles. The van der Waals surface area contributed by atoms with Gasteiger partial charge < -0.3 is 10.2 Å². The van der Waals surface area contributed by atoms with Gasteiger partial charge in [-0.1, -0.05) is 17.7 Å². The second-order valence-electron chi connectivity index (χ2n) is 4.69. The van der Waals surface area contributed by atoms with Crippen LogP contribution in [-0.4, -0.2) is 30.9 Å². The van der Waals surface area contributed by atoms with Gasteiger partial charge in [-0.05, 0) is 24.6 Å². The molecule has 1 saturated heterocycles. The van der Waals surface area contributed by atoms with Gasteiger partial charge in [-0.2, -0.15) is 0 Å². The van der Waals surface area contributed by atoms with Crippen molar-refractivity contribution in [1.29, 1.82) is 0 Å². The second kappa shape index (κ2) is 5.72. The molecule has 1 aromatic rings. The fraction of sp³-hybridized carbons (Fsp3) is 0.357. The molecule has 3 nitrogen and oxygen atoms in total. The molecule has 1 aliphatic rings. The van der Waals surface area contributed by atoms with Crippen molar-refractivity contribution >= 4 is 17.5 Å². The average Bonchev–Trinajstić information content (AvgIpc) is 2.30. The Bertz CT molecular complexity index is 516. The monoisotopic (exact) mass is 282 g/mol. The van der Waals surface area contributed by atoms with Crippen LogP contribution in [0.1, 0.15) is 12.5 Å². The van der Waals surface area contributed by atoms with Crippen LogP contribution in [0.4, 0.5) is 4.39 Å². The van der Waals surface area contributed by atoms with Crippen molar-refractivity contribution in [2.45, 2.75) is 13.5 Å². The number of carbonyl (C=O) groups excluding carboxylic acids is 1. The highest BCUT2D eigenvalue weighted by atomic mass is 35.5. The predicted molar refractivity (Wildman–Crippen MR) is 73.5 cm³/mol. The summed E-state index contributed by atoms with van der Waals surface area (Å²) in [6, 6.07) is 4.52. The Balaban J connectivity index is 2.13. The third kappa shape index (κ3) is 2.96. The summed E-state index contributed by atoms with van der Waals surface area (Å²) in [5.74, 6) is -0.474. The minimum Gasteiger partial charge on any atom is -0.338 e. The molecule has 0 bridgehead atoms. The van der Waals surface area contributed by atoms with Crippen molar-refractivity contribution in [2.24, 2.45) is 0 Å². The summed E-state index contributed by atoms with van der Waals surface area (Å²) in [6.45, 7) is 3.48. The fourth-order valence-electron chi connectivity index (χ4n) is 1.95. The van der Waals surface area contributed by atoms with Crippen LogP contribution in [0, 0.1) is 5.82 Å². The molecule has 102 valence electrons. The Morgan fingerprint density at radius 3 is 2.68 bits per heavy atom. The van der Waals surface area contributed by atoms with Crippen LogP contribution in [0.2, 0.25) is 5.02 Å². The highest BCUT2D eigenvalue weighted by Gasteiger charge is 2.20. The maximum absolute atomic E-state index is 13.7. The first kappa shape index (κ1) is 14.0. The normalized spacial score (nSPS) is 14.0. The summed E-state index contributed by atoms with van der Waals surface area (Å²) in [7, 11) is 1.65. The summed E-state index contributed by atoms with van der Waals surface area (Å²) in [5, 5.41) is 3.44. The number of carbonyl (C=O) groups is 1. The Morgan fingerprint density at radius 2 is 2.16 bits per heavy atom. The summed E-state index contributed by atoms with van der Waals surface area (Å²) in [5.41, 5.74) is 2.19. The third-order valence-corrected chi connectivity index (χ3v) is 3.69.